The van der Waals surface area contributed by atoms with Gasteiger partial charge in [-0.1, -0.05) is 23.7 Å². The van der Waals surface area contributed by atoms with Gasteiger partial charge in [0.15, 0.2) is 0 Å². The Morgan fingerprint density at radius 2 is 1.95 bits per heavy atom. The molecule has 1 atom stereocenters. The second kappa shape index (κ2) is 12.1. The number of aliphatic hydroxyl groups is 1. The molecule has 5 rings (SSSR count). The highest BCUT2D eigenvalue weighted by molar-refractivity contribution is 6.32. The molecular formula is C29H24ClFN4O5. The Hall–Kier alpha value is -4.51. The van der Waals surface area contributed by atoms with Gasteiger partial charge in [-0.15, -0.1) is 0 Å². The first-order valence-electron chi connectivity index (χ1n) is 12.2. The van der Waals surface area contributed by atoms with Gasteiger partial charge in [0.05, 0.1) is 23.7 Å². The lowest BCUT2D eigenvalue weighted by Crippen LogP contribution is -2.39. The van der Waals surface area contributed by atoms with Gasteiger partial charge in [0.1, 0.15) is 47.9 Å². The third-order valence-corrected chi connectivity index (χ3v) is 6.36. The highest BCUT2D eigenvalue weighted by Gasteiger charge is 2.16. The average Bonchev–Trinajstić information content (AvgIpc) is 3.42. The minimum Gasteiger partial charge on any atom is -0.487 e. The summed E-state index contributed by atoms with van der Waals surface area (Å²) < 4.78 is 25.1. The molecule has 1 unspecified atom stereocenters. The number of nitrogens with one attached hydrogen (secondary N) is 2. The maximum atomic E-state index is 13.4. The quantitative estimate of drug-likeness (QED) is 0.164. The van der Waals surface area contributed by atoms with Crippen molar-refractivity contribution in [3.8, 4) is 17.1 Å². The summed E-state index contributed by atoms with van der Waals surface area (Å²) in [4.78, 5) is 19.8. The van der Waals surface area contributed by atoms with E-state index < -0.39 is 18.6 Å². The van der Waals surface area contributed by atoms with Crippen LogP contribution in [-0.4, -0.2) is 38.8 Å². The number of fused-ring (bicyclic) bond motifs is 1. The van der Waals surface area contributed by atoms with Crippen LogP contribution in [-0.2, 0) is 17.9 Å². The van der Waals surface area contributed by atoms with E-state index in [1.54, 1.807) is 42.5 Å². The molecule has 4 N–H and O–H groups in total. The summed E-state index contributed by atoms with van der Waals surface area (Å²) >= 11 is 6.45. The van der Waals surface area contributed by atoms with Gasteiger partial charge in [0, 0.05) is 16.6 Å². The van der Waals surface area contributed by atoms with Crippen LogP contribution in [0.25, 0.3) is 22.2 Å². The van der Waals surface area contributed by atoms with Crippen molar-refractivity contribution >= 4 is 40.0 Å². The Kier molecular flexibility index (Phi) is 8.20. The minimum absolute atomic E-state index is 0.143. The van der Waals surface area contributed by atoms with Crippen molar-refractivity contribution in [3.05, 3.63) is 101 Å². The Morgan fingerprint density at radius 3 is 2.73 bits per heavy atom. The molecule has 0 aliphatic heterocycles. The number of furan rings is 1. The van der Waals surface area contributed by atoms with Crippen molar-refractivity contribution in [2.45, 2.75) is 19.2 Å². The average molecular weight is 563 g/mol. The number of hydrogen-bond donors (Lipinski definition) is 4. The monoisotopic (exact) mass is 562 g/mol. The Balaban J connectivity index is 1.32. The van der Waals surface area contributed by atoms with E-state index in [4.69, 9.17) is 25.9 Å². The number of rotatable bonds is 11. The molecule has 0 amide bonds. The second-order valence-corrected chi connectivity index (χ2v) is 9.27. The van der Waals surface area contributed by atoms with E-state index in [-0.39, 0.29) is 19.0 Å². The van der Waals surface area contributed by atoms with Gasteiger partial charge in [0.2, 0.25) is 0 Å². The number of benzene rings is 3. The summed E-state index contributed by atoms with van der Waals surface area (Å²) in [6.45, 7) is -0.210. The van der Waals surface area contributed by atoms with Crippen LogP contribution in [0.3, 0.4) is 0 Å². The highest BCUT2D eigenvalue weighted by atomic mass is 35.5. The molecule has 204 valence electrons. The first-order valence-corrected chi connectivity index (χ1v) is 12.6. The summed E-state index contributed by atoms with van der Waals surface area (Å²) in [5.74, 6) is 0.638. The van der Waals surface area contributed by atoms with Gasteiger partial charge < -0.3 is 24.7 Å². The maximum Gasteiger partial charge on any atom is 0.323 e. The summed E-state index contributed by atoms with van der Waals surface area (Å²) in [6, 6.07) is 19.5. The van der Waals surface area contributed by atoms with Crippen molar-refractivity contribution in [3.63, 3.8) is 0 Å². The smallest absolute Gasteiger partial charge is 0.323 e. The van der Waals surface area contributed by atoms with Gasteiger partial charge >= 0.3 is 5.97 Å². The molecule has 3 aromatic carbocycles. The highest BCUT2D eigenvalue weighted by Crippen LogP contribution is 2.32. The van der Waals surface area contributed by atoms with E-state index in [1.807, 2.05) is 18.2 Å². The fraction of sp³-hybridized carbons (Fsp3) is 0.138. The number of carboxylic acids is 1. The summed E-state index contributed by atoms with van der Waals surface area (Å²) in [5, 5.41) is 25.4. The van der Waals surface area contributed by atoms with Crippen LogP contribution in [0.15, 0.2) is 83.5 Å². The zero-order chi connectivity index (χ0) is 28.1. The van der Waals surface area contributed by atoms with E-state index in [0.29, 0.717) is 44.9 Å². The van der Waals surface area contributed by atoms with Crippen LogP contribution in [0.5, 0.6) is 5.75 Å². The van der Waals surface area contributed by atoms with E-state index >= 15 is 0 Å². The molecule has 0 fully saturated rings. The standard InChI is InChI=1S/C29H24ClFN4O5/c30-23-12-20(5-8-27(23)39-15-17-2-1-3-19(31)10-17)35-28-22-11-18(4-7-24(22)33-16-34-28)26-9-6-21(40-26)13-32-25(14-36)29(37)38/h1-12,16,25,32,36H,13-15H2,(H,37,38)(H,33,34,35). The molecule has 0 saturated heterocycles. The summed E-state index contributed by atoms with van der Waals surface area (Å²) in [6.07, 6.45) is 1.46. The maximum absolute atomic E-state index is 13.4. The van der Waals surface area contributed by atoms with Crippen molar-refractivity contribution in [2.24, 2.45) is 0 Å². The molecule has 2 heterocycles. The predicted molar refractivity (Wildman–Crippen MR) is 148 cm³/mol. The molecule has 0 radical (unpaired) electrons. The largest absolute Gasteiger partial charge is 0.487 e. The Labute approximate surface area is 233 Å². The number of anilines is 2. The first-order chi connectivity index (χ1) is 19.4. The zero-order valence-corrected chi connectivity index (χ0v) is 21.7. The van der Waals surface area contributed by atoms with Gasteiger partial charge in [-0.05, 0) is 66.2 Å². The molecule has 0 aliphatic rings. The van der Waals surface area contributed by atoms with Crippen LogP contribution in [0.4, 0.5) is 15.9 Å². The number of nitrogens with zero attached hydrogens (tertiary/aromatic N) is 2. The molecule has 5 aromatic rings. The molecule has 2 aromatic heterocycles. The van der Waals surface area contributed by atoms with Crippen LogP contribution < -0.4 is 15.4 Å². The number of aliphatic carboxylic acids is 1. The summed E-state index contributed by atoms with van der Waals surface area (Å²) in [5.41, 5.74) is 2.85. The Morgan fingerprint density at radius 1 is 1.07 bits per heavy atom. The lowest BCUT2D eigenvalue weighted by atomic mass is 10.1. The minimum atomic E-state index is -1.14. The Bertz CT molecular complexity index is 1660. The SMILES string of the molecule is O=C(O)C(CO)NCc1ccc(-c2ccc3ncnc(Nc4ccc(OCc5cccc(F)c5)c(Cl)c4)c3c2)o1. The van der Waals surface area contributed by atoms with Crippen molar-refractivity contribution in [1.29, 1.82) is 0 Å². The van der Waals surface area contributed by atoms with E-state index in [1.165, 1.54) is 18.5 Å². The zero-order valence-electron chi connectivity index (χ0n) is 21.0. The van der Waals surface area contributed by atoms with Crippen molar-refractivity contribution in [2.75, 3.05) is 11.9 Å². The van der Waals surface area contributed by atoms with Crippen LogP contribution in [0, 0.1) is 5.82 Å². The number of halogens is 2. The normalized spacial score (nSPS) is 11.9. The third kappa shape index (κ3) is 6.37. The molecule has 0 aliphatic carbocycles. The van der Waals surface area contributed by atoms with E-state index in [9.17, 15) is 14.3 Å². The molecule has 40 heavy (non-hydrogen) atoms. The molecule has 0 spiro atoms. The predicted octanol–water partition coefficient (Wildman–Crippen LogP) is 5.54. The number of carbonyl (C=O) groups is 1. The van der Waals surface area contributed by atoms with Crippen LogP contribution in [0.1, 0.15) is 11.3 Å². The summed E-state index contributed by atoms with van der Waals surface area (Å²) in [7, 11) is 0. The first kappa shape index (κ1) is 27.1. The number of aromatic nitrogens is 2. The second-order valence-electron chi connectivity index (χ2n) is 8.86. The fourth-order valence-electron chi connectivity index (χ4n) is 4.01. The number of carboxylic acid groups (broad SMARTS) is 1. The van der Waals surface area contributed by atoms with Crippen LogP contribution in [0.2, 0.25) is 5.02 Å². The molecule has 11 heteroatoms. The topological polar surface area (TPSA) is 130 Å². The third-order valence-electron chi connectivity index (χ3n) is 6.06. The van der Waals surface area contributed by atoms with E-state index in [0.717, 1.165) is 10.9 Å². The van der Waals surface area contributed by atoms with E-state index in [2.05, 4.69) is 20.6 Å². The molecule has 9 nitrogen and oxygen atoms in total. The van der Waals surface area contributed by atoms with Gasteiger partial charge in [-0.25, -0.2) is 14.4 Å². The number of ether oxygens (including phenoxy) is 1. The van der Waals surface area contributed by atoms with Crippen molar-refractivity contribution < 1.29 is 28.6 Å². The number of aliphatic hydroxyl groups excluding tert-OH is 1. The lowest BCUT2D eigenvalue weighted by Gasteiger charge is -2.12. The van der Waals surface area contributed by atoms with Gasteiger partial charge in [0.25, 0.3) is 0 Å². The molecular weight excluding hydrogens is 539 g/mol. The molecule has 0 bridgehead atoms. The number of hydrogen-bond acceptors (Lipinski definition) is 8. The van der Waals surface area contributed by atoms with Gasteiger partial charge in [-0.2, -0.15) is 0 Å². The molecule has 0 saturated carbocycles. The van der Waals surface area contributed by atoms with Gasteiger partial charge in [-0.3, -0.25) is 10.1 Å². The lowest BCUT2D eigenvalue weighted by molar-refractivity contribution is -0.140. The van der Waals surface area contributed by atoms with Crippen LogP contribution >= 0.6 is 11.6 Å². The van der Waals surface area contributed by atoms with Crippen molar-refractivity contribution in [1.82, 2.24) is 15.3 Å². The fourth-order valence-corrected chi connectivity index (χ4v) is 4.25.